The quantitative estimate of drug-likeness (QED) is 0.525. The second-order valence-electron chi connectivity index (χ2n) is 4.90. The number of rotatable bonds is 2. The lowest BCUT2D eigenvalue weighted by atomic mass is 10.1. The number of carbonyl (C=O) groups excluding carboxylic acids is 1. The minimum atomic E-state index is -0.474. The average Bonchev–Trinajstić information content (AvgIpc) is 3.09. The molecule has 0 saturated heterocycles. The van der Waals surface area contributed by atoms with Gasteiger partial charge in [-0.25, -0.2) is 4.98 Å². The minimum Gasteiger partial charge on any atom is -0.366 e. The molecule has 0 bridgehead atoms. The van der Waals surface area contributed by atoms with Crippen molar-refractivity contribution in [3.05, 3.63) is 54.2 Å². The van der Waals surface area contributed by atoms with Gasteiger partial charge in [0.15, 0.2) is 0 Å². The SMILES string of the molecule is NC(=O)c1cccc2[nH]c(-c3c[nH]c4ccccc34)nc12. The average molecular weight is 276 g/mol. The van der Waals surface area contributed by atoms with Crippen LogP contribution in [0.4, 0.5) is 0 Å². The molecule has 102 valence electrons. The highest BCUT2D eigenvalue weighted by Crippen LogP contribution is 2.28. The molecule has 0 aliphatic carbocycles. The number of imidazole rings is 1. The zero-order valence-electron chi connectivity index (χ0n) is 11.1. The van der Waals surface area contributed by atoms with Crippen molar-refractivity contribution in [3.8, 4) is 11.4 Å². The zero-order chi connectivity index (χ0) is 14.4. The molecule has 0 aliphatic rings. The van der Waals surface area contributed by atoms with E-state index in [0.29, 0.717) is 11.1 Å². The molecule has 0 saturated carbocycles. The summed E-state index contributed by atoms with van der Waals surface area (Å²) < 4.78 is 0. The Balaban J connectivity index is 1.99. The van der Waals surface area contributed by atoms with Gasteiger partial charge in [-0.05, 0) is 18.2 Å². The standard InChI is InChI=1S/C16H12N4O/c17-15(21)10-5-3-7-13-14(10)20-16(19-13)11-8-18-12-6-2-1-4-9(11)12/h1-8,18H,(H2,17,21)(H,19,20). The first-order chi connectivity index (χ1) is 10.2. The number of benzene rings is 2. The molecule has 0 spiro atoms. The van der Waals surface area contributed by atoms with Crippen LogP contribution in [0.2, 0.25) is 0 Å². The Hall–Kier alpha value is -3.08. The Morgan fingerprint density at radius 2 is 1.86 bits per heavy atom. The number of amides is 1. The lowest BCUT2D eigenvalue weighted by Crippen LogP contribution is -2.11. The molecule has 2 aromatic heterocycles. The smallest absolute Gasteiger partial charge is 0.250 e. The molecule has 21 heavy (non-hydrogen) atoms. The van der Waals surface area contributed by atoms with Crippen molar-refractivity contribution in [2.75, 3.05) is 0 Å². The molecule has 1 amide bonds. The van der Waals surface area contributed by atoms with Crippen LogP contribution in [0.25, 0.3) is 33.3 Å². The van der Waals surface area contributed by atoms with Crippen molar-refractivity contribution in [2.24, 2.45) is 5.73 Å². The van der Waals surface area contributed by atoms with Crippen LogP contribution >= 0.6 is 0 Å². The first-order valence-electron chi connectivity index (χ1n) is 6.59. The summed E-state index contributed by atoms with van der Waals surface area (Å²) >= 11 is 0. The van der Waals surface area contributed by atoms with Crippen LogP contribution in [0, 0.1) is 0 Å². The summed E-state index contributed by atoms with van der Waals surface area (Å²) in [6, 6.07) is 13.4. The summed E-state index contributed by atoms with van der Waals surface area (Å²) in [7, 11) is 0. The Kier molecular flexibility index (Phi) is 2.35. The predicted molar refractivity (Wildman–Crippen MR) is 81.9 cm³/mol. The fourth-order valence-corrected chi connectivity index (χ4v) is 2.63. The van der Waals surface area contributed by atoms with E-state index >= 15 is 0 Å². The molecule has 2 heterocycles. The molecule has 4 aromatic rings. The van der Waals surface area contributed by atoms with Crippen molar-refractivity contribution in [1.29, 1.82) is 0 Å². The summed E-state index contributed by atoms with van der Waals surface area (Å²) in [4.78, 5) is 22.5. The second-order valence-corrected chi connectivity index (χ2v) is 4.90. The summed E-state index contributed by atoms with van der Waals surface area (Å²) in [5.41, 5.74) is 9.24. The molecule has 2 aromatic carbocycles. The van der Waals surface area contributed by atoms with Crippen molar-refractivity contribution >= 4 is 27.8 Å². The van der Waals surface area contributed by atoms with Gasteiger partial charge in [-0.2, -0.15) is 0 Å². The first kappa shape index (κ1) is 11.7. The first-order valence-corrected chi connectivity index (χ1v) is 6.59. The highest BCUT2D eigenvalue weighted by Gasteiger charge is 2.14. The van der Waals surface area contributed by atoms with E-state index in [1.54, 1.807) is 12.1 Å². The molecule has 4 rings (SSSR count). The number of fused-ring (bicyclic) bond motifs is 2. The number of H-pyrrole nitrogens is 2. The van der Waals surface area contributed by atoms with Gasteiger partial charge < -0.3 is 15.7 Å². The number of primary amides is 1. The number of hydrogen-bond donors (Lipinski definition) is 3. The molecule has 0 aliphatic heterocycles. The lowest BCUT2D eigenvalue weighted by Gasteiger charge is -1.94. The topological polar surface area (TPSA) is 87.6 Å². The summed E-state index contributed by atoms with van der Waals surface area (Å²) in [6.07, 6.45) is 1.91. The van der Waals surface area contributed by atoms with Gasteiger partial charge in [0.2, 0.25) is 0 Å². The number of para-hydroxylation sites is 2. The number of nitrogens with two attached hydrogens (primary N) is 1. The van der Waals surface area contributed by atoms with E-state index in [1.807, 2.05) is 36.5 Å². The molecule has 0 fully saturated rings. The van der Waals surface area contributed by atoms with Gasteiger partial charge >= 0.3 is 0 Å². The predicted octanol–water partition coefficient (Wildman–Crippen LogP) is 2.81. The molecule has 0 radical (unpaired) electrons. The third-order valence-electron chi connectivity index (χ3n) is 3.62. The highest BCUT2D eigenvalue weighted by atomic mass is 16.1. The molecular formula is C16H12N4O. The Bertz CT molecular complexity index is 980. The zero-order valence-corrected chi connectivity index (χ0v) is 11.1. The van der Waals surface area contributed by atoms with Gasteiger partial charge in [-0.1, -0.05) is 24.3 Å². The number of aromatic amines is 2. The van der Waals surface area contributed by atoms with E-state index in [1.165, 1.54) is 0 Å². The van der Waals surface area contributed by atoms with E-state index < -0.39 is 5.91 Å². The summed E-state index contributed by atoms with van der Waals surface area (Å²) in [5.74, 6) is 0.244. The molecule has 0 atom stereocenters. The number of aromatic nitrogens is 3. The maximum absolute atomic E-state index is 11.5. The van der Waals surface area contributed by atoms with Crippen LogP contribution in [-0.4, -0.2) is 20.9 Å². The van der Waals surface area contributed by atoms with Crippen LogP contribution in [0.5, 0.6) is 0 Å². The van der Waals surface area contributed by atoms with Crippen LogP contribution in [0.1, 0.15) is 10.4 Å². The molecule has 0 unspecified atom stereocenters. The maximum atomic E-state index is 11.5. The van der Waals surface area contributed by atoms with Gasteiger partial charge in [0, 0.05) is 22.7 Å². The van der Waals surface area contributed by atoms with Crippen LogP contribution in [-0.2, 0) is 0 Å². The van der Waals surface area contributed by atoms with Gasteiger partial charge in [0.1, 0.15) is 11.3 Å². The van der Waals surface area contributed by atoms with Crippen molar-refractivity contribution in [1.82, 2.24) is 15.0 Å². The number of hydrogen-bond acceptors (Lipinski definition) is 2. The number of carbonyl (C=O) groups is 1. The van der Waals surface area contributed by atoms with Crippen LogP contribution < -0.4 is 5.73 Å². The largest absolute Gasteiger partial charge is 0.366 e. The van der Waals surface area contributed by atoms with E-state index in [0.717, 1.165) is 27.8 Å². The Labute approximate surface area is 119 Å². The fourth-order valence-electron chi connectivity index (χ4n) is 2.63. The van der Waals surface area contributed by atoms with E-state index in [2.05, 4.69) is 15.0 Å². The second kappa shape index (κ2) is 4.21. The molecular weight excluding hydrogens is 264 g/mol. The van der Waals surface area contributed by atoms with Crippen molar-refractivity contribution < 1.29 is 4.79 Å². The number of nitrogens with one attached hydrogen (secondary N) is 2. The van der Waals surface area contributed by atoms with Crippen LogP contribution in [0.15, 0.2) is 48.7 Å². The van der Waals surface area contributed by atoms with Gasteiger partial charge in [-0.15, -0.1) is 0 Å². The van der Waals surface area contributed by atoms with E-state index in [-0.39, 0.29) is 0 Å². The molecule has 5 heteroatoms. The van der Waals surface area contributed by atoms with Crippen molar-refractivity contribution in [3.63, 3.8) is 0 Å². The summed E-state index contributed by atoms with van der Waals surface area (Å²) in [6.45, 7) is 0. The summed E-state index contributed by atoms with van der Waals surface area (Å²) in [5, 5.41) is 1.08. The van der Waals surface area contributed by atoms with E-state index in [4.69, 9.17) is 5.73 Å². The van der Waals surface area contributed by atoms with Gasteiger partial charge in [-0.3, -0.25) is 4.79 Å². The Morgan fingerprint density at radius 1 is 1.05 bits per heavy atom. The van der Waals surface area contributed by atoms with Crippen LogP contribution in [0.3, 0.4) is 0 Å². The monoisotopic (exact) mass is 276 g/mol. The lowest BCUT2D eigenvalue weighted by molar-refractivity contribution is 0.100. The molecule has 4 N–H and O–H groups in total. The van der Waals surface area contributed by atoms with Gasteiger partial charge in [0.25, 0.3) is 5.91 Å². The highest BCUT2D eigenvalue weighted by molar-refractivity contribution is 6.05. The Morgan fingerprint density at radius 3 is 2.71 bits per heavy atom. The van der Waals surface area contributed by atoms with E-state index in [9.17, 15) is 4.79 Å². The maximum Gasteiger partial charge on any atom is 0.250 e. The number of nitrogens with zero attached hydrogens (tertiary/aromatic N) is 1. The van der Waals surface area contributed by atoms with Crippen molar-refractivity contribution in [2.45, 2.75) is 0 Å². The third-order valence-corrected chi connectivity index (χ3v) is 3.62. The normalized spacial score (nSPS) is 11.2. The molecule has 5 nitrogen and oxygen atoms in total. The fraction of sp³-hybridized carbons (Fsp3) is 0. The third kappa shape index (κ3) is 1.71. The minimum absolute atomic E-state index is 0.426. The van der Waals surface area contributed by atoms with Gasteiger partial charge in [0.05, 0.1) is 11.1 Å².